The molecular weight excluding hydrogens is 225 g/mol. The van der Waals surface area contributed by atoms with Crippen LogP contribution in [0.1, 0.15) is 5.82 Å². The van der Waals surface area contributed by atoms with Gasteiger partial charge in [-0.2, -0.15) is 18.4 Å². The molecule has 0 saturated carbocycles. The van der Waals surface area contributed by atoms with Crippen molar-refractivity contribution in [1.29, 1.82) is 0 Å². The number of nitrogens with one attached hydrogen (secondary N) is 2. The summed E-state index contributed by atoms with van der Waals surface area (Å²) in [6.07, 6.45) is -4.22. The van der Waals surface area contributed by atoms with Crippen molar-refractivity contribution < 1.29 is 13.2 Å². The molecule has 92 valence electrons. The van der Waals surface area contributed by atoms with E-state index in [0.717, 1.165) is 0 Å². The Labute approximate surface area is 90.2 Å². The second-order valence-electron chi connectivity index (χ2n) is 3.26. The quantitative estimate of drug-likeness (QED) is 0.717. The Morgan fingerprint density at radius 2 is 2.19 bits per heavy atom. The van der Waals surface area contributed by atoms with E-state index in [4.69, 9.17) is 0 Å². The molecule has 0 bridgehead atoms. The van der Waals surface area contributed by atoms with Crippen molar-refractivity contribution in [2.45, 2.75) is 12.7 Å². The molecule has 0 saturated heterocycles. The minimum atomic E-state index is -4.22. The number of nitrogens with zero attached hydrogens (tertiary/aromatic N) is 4. The van der Waals surface area contributed by atoms with Gasteiger partial charge in [-0.1, -0.05) is 5.21 Å². The van der Waals surface area contributed by atoms with E-state index in [1.807, 2.05) is 0 Å². The van der Waals surface area contributed by atoms with Crippen molar-refractivity contribution >= 4 is 0 Å². The van der Waals surface area contributed by atoms with Crippen LogP contribution in [0.4, 0.5) is 13.2 Å². The molecule has 0 amide bonds. The zero-order valence-corrected chi connectivity index (χ0v) is 8.75. The molecule has 0 fully saturated rings. The predicted octanol–water partition coefficient (Wildman–Crippen LogP) is -0.217. The number of H-pyrrole nitrogens is 1. The number of aromatic nitrogens is 4. The summed E-state index contributed by atoms with van der Waals surface area (Å²) in [5.74, 6) is 0.250. The monoisotopic (exact) mass is 238 g/mol. The maximum absolute atomic E-state index is 12.2. The zero-order valence-electron chi connectivity index (χ0n) is 8.75. The second kappa shape index (κ2) is 5.75. The fraction of sp³-hybridized carbons (Fsp3) is 0.857. The van der Waals surface area contributed by atoms with Crippen LogP contribution in [0.2, 0.25) is 0 Å². The van der Waals surface area contributed by atoms with Gasteiger partial charge < -0.3 is 5.32 Å². The van der Waals surface area contributed by atoms with Crippen LogP contribution in [0.3, 0.4) is 0 Å². The molecular formula is C7H13F3N6. The first-order chi connectivity index (χ1) is 7.51. The molecule has 0 aromatic carbocycles. The summed E-state index contributed by atoms with van der Waals surface area (Å²) in [5, 5.41) is 15.5. The zero-order chi connectivity index (χ0) is 12.0. The molecule has 1 aromatic rings. The standard InChI is InChI=1S/C7H13F3N6/c1-11-2-3-16(5-7(8,9)10)4-6-12-14-15-13-6/h11H,2-5H2,1H3,(H,12,13,14,15). The van der Waals surface area contributed by atoms with Gasteiger partial charge in [-0.15, -0.1) is 10.2 Å². The number of hydrogen-bond acceptors (Lipinski definition) is 5. The summed E-state index contributed by atoms with van der Waals surface area (Å²) in [6, 6.07) is 0. The Morgan fingerprint density at radius 1 is 1.44 bits per heavy atom. The molecule has 0 spiro atoms. The predicted molar refractivity (Wildman–Crippen MR) is 49.4 cm³/mol. The van der Waals surface area contributed by atoms with Crippen molar-refractivity contribution in [1.82, 2.24) is 30.8 Å². The number of rotatable bonds is 6. The molecule has 2 N–H and O–H groups in total. The van der Waals surface area contributed by atoms with Gasteiger partial charge in [-0.25, -0.2) is 0 Å². The highest BCUT2D eigenvalue weighted by atomic mass is 19.4. The van der Waals surface area contributed by atoms with Crippen LogP contribution in [0.5, 0.6) is 0 Å². The van der Waals surface area contributed by atoms with Crippen molar-refractivity contribution in [2.75, 3.05) is 26.7 Å². The van der Waals surface area contributed by atoms with E-state index in [9.17, 15) is 13.2 Å². The molecule has 0 radical (unpaired) electrons. The lowest BCUT2D eigenvalue weighted by Crippen LogP contribution is -2.38. The summed E-state index contributed by atoms with van der Waals surface area (Å²) < 4.78 is 36.7. The van der Waals surface area contributed by atoms with Crippen LogP contribution in [0, 0.1) is 0 Å². The molecule has 0 aliphatic carbocycles. The highest BCUT2D eigenvalue weighted by molar-refractivity contribution is 4.77. The maximum atomic E-state index is 12.2. The van der Waals surface area contributed by atoms with Gasteiger partial charge in [0, 0.05) is 13.1 Å². The Morgan fingerprint density at radius 3 is 2.69 bits per heavy atom. The lowest BCUT2D eigenvalue weighted by molar-refractivity contribution is -0.147. The van der Waals surface area contributed by atoms with Crippen molar-refractivity contribution in [2.24, 2.45) is 0 Å². The molecule has 6 nitrogen and oxygen atoms in total. The number of tetrazole rings is 1. The van der Waals surface area contributed by atoms with Gasteiger partial charge in [-0.05, 0) is 7.05 Å². The third kappa shape index (κ3) is 5.03. The first kappa shape index (κ1) is 12.8. The maximum Gasteiger partial charge on any atom is 0.401 e. The molecule has 0 atom stereocenters. The normalized spacial score (nSPS) is 12.3. The molecule has 1 rings (SSSR count). The van der Waals surface area contributed by atoms with Gasteiger partial charge in [0.15, 0.2) is 5.82 Å². The average molecular weight is 238 g/mol. The van der Waals surface area contributed by atoms with Crippen LogP contribution < -0.4 is 5.32 Å². The third-order valence-electron chi connectivity index (χ3n) is 1.84. The Bertz CT molecular complexity index is 285. The van der Waals surface area contributed by atoms with Crippen LogP contribution in [0.25, 0.3) is 0 Å². The number of likely N-dealkylation sites (N-methyl/N-ethyl adjacent to an activating group) is 1. The molecule has 16 heavy (non-hydrogen) atoms. The number of alkyl halides is 3. The largest absolute Gasteiger partial charge is 0.401 e. The van der Waals surface area contributed by atoms with Gasteiger partial charge >= 0.3 is 6.18 Å². The van der Waals surface area contributed by atoms with Crippen molar-refractivity contribution in [3.05, 3.63) is 5.82 Å². The van der Waals surface area contributed by atoms with Gasteiger partial charge in [-0.3, -0.25) is 4.90 Å². The fourth-order valence-corrected chi connectivity index (χ4v) is 1.19. The van der Waals surface area contributed by atoms with E-state index in [2.05, 4.69) is 25.9 Å². The topological polar surface area (TPSA) is 69.7 Å². The lowest BCUT2D eigenvalue weighted by Gasteiger charge is -2.21. The summed E-state index contributed by atoms with van der Waals surface area (Å²) in [6.45, 7) is -0.223. The van der Waals surface area contributed by atoms with Crippen LogP contribution >= 0.6 is 0 Å². The Hall–Kier alpha value is -1.22. The summed E-state index contributed by atoms with van der Waals surface area (Å²) >= 11 is 0. The summed E-state index contributed by atoms with van der Waals surface area (Å²) in [7, 11) is 1.68. The molecule has 1 heterocycles. The highest BCUT2D eigenvalue weighted by Crippen LogP contribution is 2.16. The van der Waals surface area contributed by atoms with E-state index in [1.165, 1.54) is 4.90 Å². The van der Waals surface area contributed by atoms with E-state index >= 15 is 0 Å². The SMILES string of the molecule is CNCCN(Cc1nn[nH]n1)CC(F)(F)F. The van der Waals surface area contributed by atoms with E-state index in [0.29, 0.717) is 6.54 Å². The number of hydrogen-bond donors (Lipinski definition) is 2. The fourth-order valence-electron chi connectivity index (χ4n) is 1.19. The minimum absolute atomic E-state index is 0.0255. The average Bonchev–Trinajstić information content (AvgIpc) is 2.64. The van der Waals surface area contributed by atoms with Crippen LogP contribution in [0.15, 0.2) is 0 Å². The van der Waals surface area contributed by atoms with Gasteiger partial charge in [0.1, 0.15) is 0 Å². The first-order valence-electron chi connectivity index (χ1n) is 4.67. The van der Waals surface area contributed by atoms with Gasteiger partial charge in [0.05, 0.1) is 13.1 Å². The van der Waals surface area contributed by atoms with E-state index < -0.39 is 12.7 Å². The molecule has 9 heteroatoms. The lowest BCUT2D eigenvalue weighted by atomic mass is 10.4. The third-order valence-corrected chi connectivity index (χ3v) is 1.84. The van der Waals surface area contributed by atoms with Crippen molar-refractivity contribution in [3.63, 3.8) is 0 Å². The molecule has 0 aliphatic rings. The summed E-state index contributed by atoms with van der Waals surface area (Å²) in [4.78, 5) is 1.21. The second-order valence-corrected chi connectivity index (χ2v) is 3.26. The Kier molecular flexibility index (Phi) is 4.62. The summed E-state index contributed by atoms with van der Waals surface area (Å²) in [5.41, 5.74) is 0. The van der Waals surface area contributed by atoms with Crippen LogP contribution in [-0.4, -0.2) is 58.4 Å². The molecule has 1 aromatic heterocycles. The van der Waals surface area contributed by atoms with Gasteiger partial charge in [0.25, 0.3) is 0 Å². The van der Waals surface area contributed by atoms with E-state index in [1.54, 1.807) is 7.05 Å². The number of halogens is 3. The minimum Gasteiger partial charge on any atom is -0.318 e. The highest BCUT2D eigenvalue weighted by Gasteiger charge is 2.30. The molecule has 0 unspecified atom stereocenters. The smallest absolute Gasteiger partial charge is 0.318 e. The first-order valence-corrected chi connectivity index (χ1v) is 4.67. The number of aromatic amines is 1. The molecule has 0 aliphatic heterocycles. The van der Waals surface area contributed by atoms with Crippen LogP contribution in [-0.2, 0) is 6.54 Å². The van der Waals surface area contributed by atoms with Crippen molar-refractivity contribution in [3.8, 4) is 0 Å². The van der Waals surface area contributed by atoms with Gasteiger partial charge in [0.2, 0.25) is 0 Å². The van der Waals surface area contributed by atoms with E-state index in [-0.39, 0.29) is 18.9 Å². The Balaban J connectivity index is 2.50.